The Bertz CT molecular complexity index is 498. The third-order valence-corrected chi connectivity index (χ3v) is 4.40. The van der Waals surface area contributed by atoms with Crippen molar-refractivity contribution in [1.29, 1.82) is 0 Å². The average molecular weight is 354 g/mol. The lowest BCUT2D eigenvalue weighted by Crippen LogP contribution is -2.39. The number of nitrogens with two attached hydrogens (primary N) is 1. The molecule has 116 valence electrons. The largest absolute Gasteiger partial charge is 0.369 e. The number of hydrogen-bond acceptors (Lipinski definition) is 3. The van der Waals surface area contributed by atoms with Gasteiger partial charge in [-0.2, -0.15) is 0 Å². The van der Waals surface area contributed by atoms with E-state index in [-0.39, 0.29) is 0 Å². The lowest BCUT2D eigenvalue weighted by molar-refractivity contribution is 0.1000. The highest BCUT2D eigenvalue weighted by Gasteiger charge is 2.20. The topological polar surface area (TPSA) is 58.4 Å². The smallest absolute Gasteiger partial charge is 0.248 e. The van der Waals surface area contributed by atoms with Gasteiger partial charge in [-0.1, -0.05) is 13.8 Å². The Morgan fingerprint density at radius 1 is 1.52 bits per heavy atom. The molecule has 5 heteroatoms. The second kappa shape index (κ2) is 7.27. The van der Waals surface area contributed by atoms with Crippen LogP contribution in [0.1, 0.15) is 37.0 Å². The molecule has 2 rings (SSSR count). The Morgan fingerprint density at radius 3 is 2.81 bits per heavy atom. The molecule has 0 aliphatic carbocycles. The van der Waals surface area contributed by atoms with E-state index in [0.29, 0.717) is 17.5 Å². The van der Waals surface area contributed by atoms with Crippen molar-refractivity contribution < 1.29 is 4.79 Å². The number of nitrogens with zero attached hydrogens (tertiary/aromatic N) is 1. The third kappa shape index (κ3) is 4.45. The molecule has 0 radical (unpaired) electrons. The van der Waals surface area contributed by atoms with E-state index in [0.717, 1.165) is 29.8 Å². The minimum absolute atomic E-state index is 0.393. The number of rotatable bonds is 6. The van der Waals surface area contributed by atoms with Crippen LogP contribution in [0.15, 0.2) is 22.7 Å². The van der Waals surface area contributed by atoms with Gasteiger partial charge < -0.3 is 16.0 Å². The second-order valence-corrected chi connectivity index (χ2v) is 6.98. The number of halogens is 1. The van der Waals surface area contributed by atoms with E-state index in [1.165, 1.54) is 12.8 Å². The van der Waals surface area contributed by atoms with Crippen LogP contribution in [0.25, 0.3) is 0 Å². The van der Waals surface area contributed by atoms with Crippen molar-refractivity contribution in [2.45, 2.75) is 32.7 Å². The Morgan fingerprint density at radius 2 is 2.29 bits per heavy atom. The number of anilines is 1. The summed E-state index contributed by atoms with van der Waals surface area (Å²) < 4.78 is 0.928. The Balaban J connectivity index is 2.20. The van der Waals surface area contributed by atoms with Crippen LogP contribution in [-0.4, -0.2) is 31.6 Å². The molecule has 1 heterocycles. The molecule has 1 atom stereocenters. The van der Waals surface area contributed by atoms with E-state index in [1.807, 2.05) is 12.1 Å². The summed E-state index contributed by atoms with van der Waals surface area (Å²) in [7, 11) is 0. The zero-order valence-electron chi connectivity index (χ0n) is 12.7. The zero-order valence-corrected chi connectivity index (χ0v) is 14.3. The van der Waals surface area contributed by atoms with Crippen molar-refractivity contribution in [2.75, 3.05) is 24.5 Å². The quantitative estimate of drug-likeness (QED) is 0.826. The molecular weight excluding hydrogens is 330 g/mol. The van der Waals surface area contributed by atoms with Crippen LogP contribution in [0.3, 0.4) is 0 Å². The van der Waals surface area contributed by atoms with Crippen molar-refractivity contribution >= 4 is 27.5 Å². The van der Waals surface area contributed by atoms with E-state index in [1.54, 1.807) is 6.07 Å². The second-order valence-electron chi connectivity index (χ2n) is 6.12. The average Bonchev–Trinajstić information content (AvgIpc) is 2.90. The fraction of sp³-hybridized carbons (Fsp3) is 0.562. The molecule has 1 fully saturated rings. The van der Waals surface area contributed by atoms with Crippen LogP contribution in [0, 0.1) is 5.92 Å². The predicted octanol–water partition coefficient (Wildman–Crippen LogP) is 2.76. The van der Waals surface area contributed by atoms with Gasteiger partial charge >= 0.3 is 0 Å². The van der Waals surface area contributed by atoms with Crippen LogP contribution >= 0.6 is 15.9 Å². The number of primary amides is 1. The number of benzene rings is 1. The molecule has 1 unspecified atom stereocenters. The zero-order chi connectivity index (χ0) is 15.4. The Hall–Kier alpha value is -1.07. The number of hydrogen-bond donors (Lipinski definition) is 2. The van der Waals surface area contributed by atoms with Crippen LogP contribution in [0.5, 0.6) is 0 Å². The fourth-order valence-corrected chi connectivity index (χ4v) is 3.44. The van der Waals surface area contributed by atoms with E-state index in [9.17, 15) is 4.79 Å². The summed E-state index contributed by atoms with van der Waals surface area (Å²) in [4.78, 5) is 13.7. The molecule has 1 amide bonds. The van der Waals surface area contributed by atoms with Gasteiger partial charge in [0.1, 0.15) is 0 Å². The molecule has 1 aromatic carbocycles. The normalized spacial score (nSPS) is 18.2. The van der Waals surface area contributed by atoms with Crippen LogP contribution < -0.4 is 16.0 Å². The van der Waals surface area contributed by atoms with Gasteiger partial charge in [-0.05, 0) is 59.4 Å². The first-order chi connectivity index (χ1) is 9.97. The van der Waals surface area contributed by atoms with Crippen LogP contribution in [0.2, 0.25) is 0 Å². The third-order valence-electron chi connectivity index (χ3n) is 3.76. The van der Waals surface area contributed by atoms with Gasteiger partial charge in [0.15, 0.2) is 0 Å². The number of carbonyl (C=O) groups excluding carboxylic acids is 1. The maximum atomic E-state index is 11.3. The SMILES string of the molecule is CC(C)CN(CC1CCCN1)c1ccc(C(N)=O)cc1Br. The monoisotopic (exact) mass is 353 g/mol. The summed E-state index contributed by atoms with van der Waals surface area (Å²) in [6.07, 6.45) is 2.48. The summed E-state index contributed by atoms with van der Waals surface area (Å²) in [6, 6.07) is 6.15. The fourth-order valence-electron chi connectivity index (χ4n) is 2.81. The maximum absolute atomic E-state index is 11.3. The molecule has 0 bridgehead atoms. The number of carbonyl (C=O) groups is 1. The molecule has 4 nitrogen and oxygen atoms in total. The molecule has 1 saturated heterocycles. The van der Waals surface area contributed by atoms with E-state index >= 15 is 0 Å². The molecular formula is C16H24BrN3O. The van der Waals surface area contributed by atoms with Gasteiger partial charge in [0, 0.05) is 29.2 Å². The van der Waals surface area contributed by atoms with Gasteiger partial charge in [0.2, 0.25) is 5.91 Å². The number of nitrogens with one attached hydrogen (secondary N) is 1. The lowest BCUT2D eigenvalue weighted by atomic mass is 10.1. The van der Waals surface area contributed by atoms with Gasteiger partial charge in [-0.3, -0.25) is 4.79 Å². The van der Waals surface area contributed by atoms with Gasteiger partial charge in [0.25, 0.3) is 0 Å². The first kappa shape index (κ1) is 16.3. The summed E-state index contributed by atoms with van der Waals surface area (Å²) in [5, 5.41) is 3.55. The first-order valence-corrected chi connectivity index (χ1v) is 8.34. The molecule has 21 heavy (non-hydrogen) atoms. The highest BCUT2D eigenvalue weighted by Crippen LogP contribution is 2.29. The van der Waals surface area contributed by atoms with Gasteiger partial charge in [-0.25, -0.2) is 0 Å². The van der Waals surface area contributed by atoms with Gasteiger partial charge in [0.05, 0.1) is 5.69 Å². The Kier molecular flexibility index (Phi) is 5.65. The lowest BCUT2D eigenvalue weighted by Gasteiger charge is -2.30. The van der Waals surface area contributed by atoms with Crippen molar-refractivity contribution in [3.05, 3.63) is 28.2 Å². The van der Waals surface area contributed by atoms with Crippen molar-refractivity contribution in [3.8, 4) is 0 Å². The minimum atomic E-state index is -0.393. The first-order valence-electron chi connectivity index (χ1n) is 7.55. The summed E-state index contributed by atoms with van der Waals surface area (Å²) in [5.41, 5.74) is 7.00. The highest BCUT2D eigenvalue weighted by molar-refractivity contribution is 9.10. The maximum Gasteiger partial charge on any atom is 0.248 e. The molecule has 0 spiro atoms. The van der Waals surface area contributed by atoms with E-state index in [2.05, 4.69) is 40.0 Å². The molecule has 0 saturated carbocycles. The summed E-state index contributed by atoms with van der Waals surface area (Å²) in [6.45, 7) is 7.54. The Labute approximate surface area is 135 Å². The number of amides is 1. The molecule has 1 aromatic rings. The van der Waals surface area contributed by atoms with Crippen molar-refractivity contribution in [3.63, 3.8) is 0 Å². The highest BCUT2D eigenvalue weighted by atomic mass is 79.9. The molecule has 3 N–H and O–H groups in total. The van der Waals surface area contributed by atoms with E-state index in [4.69, 9.17) is 5.73 Å². The minimum Gasteiger partial charge on any atom is -0.369 e. The van der Waals surface area contributed by atoms with Gasteiger partial charge in [-0.15, -0.1) is 0 Å². The standard InChI is InChI=1S/C16H24BrN3O/c1-11(2)9-20(10-13-4-3-7-19-13)15-6-5-12(16(18)21)8-14(15)17/h5-6,8,11,13,19H,3-4,7,9-10H2,1-2H3,(H2,18,21). The van der Waals surface area contributed by atoms with E-state index < -0.39 is 5.91 Å². The van der Waals surface area contributed by atoms with Crippen LogP contribution in [-0.2, 0) is 0 Å². The van der Waals surface area contributed by atoms with Crippen molar-refractivity contribution in [2.24, 2.45) is 11.7 Å². The molecule has 1 aliphatic heterocycles. The summed E-state index contributed by atoms with van der Waals surface area (Å²) in [5.74, 6) is 0.184. The van der Waals surface area contributed by atoms with Crippen LogP contribution in [0.4, 0.5) is 5.69 Å². The molecule has 0 aromatic heterocycles. The molecule has 1 aliphatic rings. The summed E-state index contributed by atoms with van der Waals surface area (Å²) >= 11 is 3.59. The predicted molar refractivity (Wildman–Crippen MR) is 90.7 cm³/mol. The van der Waals surface area contributed by atoms with Crippen molar-refractivity contribution in [1.82, 2.24) is 5.32 Å².